The van der Waals surface area contributed by atoms with Crippen molar-refractivity contribution in [2.75, 3.05) is 26.0 Å². The fourth-order valence-electron chi connectivity index (χ4n) is 1.83. The van der Waals surface area contributed by atoms with Crippen LogP contribution in [0.1, 0.15) is 17.3 Å². The summed E-state index contributed by atoms with van der Waals surface area (Å²) in [6.07, 6.45) is 0. The number of nitrogens with zero attached hydrogens (tertiary/aromatic N) is 2. The Bertz CT molecular complexity index is 488. The summed E-state index contributed by atoms with van der Waals surface area (Å²) in [7, 11) is 3.85. The molecule has 0 aliphatic rings. The van der Waals surface area contributed by atoms with E-state index >= 15 is 0 Å². The van der Waals surface area contributed by atoms with Gasteiger partial charge in [0.2, 0.25) is 0 Å². The highest BCUT2D eigenvalue weighted by Gasteiger charge is 2.20. The number of anilines is 1. The van der Waals surface area contributed by atoms with Crippen molar-refractivity contribution in [1.29, 1.82) is 0 Å². The van der Waals surface area contributed by atoms with Crippen molar-refractivity contribution in [3.05, 3.63) is 33.9 Å². The van der Waals surface area contributed by atoms with Gasteiger partial charge >= 0.3 is 5.97 Å². The molecule has 0 bridgehead atoms. The van der Waals surface area contributed by atoms with E-state index in [0.29, 0.717) is 5.69 Å². The minimum absolute atomic E-state index is 0.0882. The van der Waals surface area contributed by atoms with Gasteiger partial charge in [0.25, 0.3) is 5.69 Å². The topological polar surface area (TPSA) is 95.7 Å². The first-order valence-corrected chi connectivity index (χ1v) is 5.74. The third kappa shape index (κ3) is 4.22. The summed E-state index contributed by atoms with van der Waals surface area (Å²) in [5, 5.41) is 22.8. The molecule has 1 aromatic rings. The monoisotopic (exact) mass is 267 g/mol. The fourth-order valence-corrected chi connectivity index (χ4v) is 1.83. The van der Waals surface area contributed by atoms with Gasteiger partial charge in [-0.15, -0.1) is 0 Å². The molecule has 0 radical (unpaired) electrons. The summed E-state index contributed by atoms with van der Waals surface area (Å²) in [6.45, 7) is 2.70. The van der Waals surface area contributed by atoms with E-state index in [2.05, 4.69) is 5.32 Å². The Kier molecular flexibility index (Phi) is 4.82. The number of hydrogen-bond donors (Lipinski definition) is 2. The van der Waals surface area contributed by atoms with Gasteiger partial charge in [-0.2, -0.15) is 0 Å². The second-order valence-electron chi connectivity index (χ2n) is 4.60. The van der Waals surface area contributed by atoms with Crippen LogP contribution in [-0.2, 0) is 0 Å². The first kappa shape index (κ1) is 14.9. The Morgan fingerprint density at radius 3 is 2.63 bits per heavy atom. The molecule has 1 aromatic carbocycles. The van der Waals surface area contributed by atoms with Crippen molar-refractivity contribution in [3.63, 3.8) is 0 Å². The first-order chi connectivity index (χ1) is 8.81. The van der Waals surface area contributed by atoms with Crippen molar-refractivity contribution in [2.45, 2.75) is 13.0 Å². The third-order valence-electron chi connectivity index (χ3n) is 2.48. The molecule has 1 rings (SSSR count). The van der Waals surface area contributed by atoms with Crippen molar-refractivity contribution >= 4 is 17.3 Å². The van der Waals surface area contributed by atoms with E-state index in [9.17, 15) is 14.9 Å². The lowest BCUT2D eigenvalue weighted by molar-refractivity contribution is -0.385. The first-order valence-electron chi connectivity index (χ1n) is 5.74. The maximum Gasteiger partial charge on any atom is 0.342 e. The molecule has 0 saturated carbocycles. The zero-order valence-corrected chi connectivity index (χ0v) is 11.1. The van der Waals surface area contributed by atoms with Crippen LogP contribution in [0.4, 0.5) is 11.4 Å². The molecule has 0 spiro atoms. The quantitative estimate of drug-likeness (QED) is 0.601. The minimum Gasteiger partial charge on any atom is -0.477 e. The van der Waals surface area contributed by atoms with Crippen LogP contribution >= 0.6 is 0 Å². The van der Waals surface area contributed by atoms with Gasteiger partial charge in [-0.25, -0.2) is 4.79 Å². The van der Waals surface area contributed by atoms with Crippen molar-refractivity contribution in [1.82, 2.24) is 4.90 Å². The van der Waals surface area contributed by atoms with E-state index in [1.807, 2.05) is 25.9 Å². The second kappa shape index (κ2) is 6.14. The maximum absolute atomic E-state index is 10.9. The highest BCUT2D eigenvalue weighted by Crippen LogP contribution is 2.23. The molecule has 0 amide bonds. The summed E-state index contributed by atoms with van der Waals surface area (Å²) in [4.78, 5) is 23.0. The largest absolute Gasteiger partial charge is 0.477 e. The highest BCUT2D eigenvalue weighted by atomic mass is 16.6. The average molecular weight is 267 g/mol. The Labute approximate surface area is 111 Å². The Morgan fingerprint density at radius 1 is 1.53 bits per heavy atom. The molecule has 1 unspecified atom stereocenters. The molecular weight excluding hydrogens is 250 g/mol. The molecule has 2 N–H and O–H groups in total. The Hall–Kier alpha value is -2.15. The van der Waals surface area contributed by atoms with Crippen LogP contribution in [0.2, 0.25) is 0 Å². The fraction of sp³-hybridized carbons (Fsp3) is 0.417. The van der Waals surface area contributed by atoms with Gasteiger partial charge in [-0.3, -0.25) is 10.1 Å². The number of nitro benzene ring substituents is 1. The minimum atomic E-state index is -1.31. The number of nitro groups is 1. The van der Waals surface area contributed by atoms with Gasteiger partial charge in [0.1, 0.15) is 5.56 Å². The molecule has 0 saturated heterocycles. The molecule has 19 heavy (non-hydrogen) atoms. The molecule has 104 valence electrons. The lowest BCUT2D eigenvalue weighted by Crippen LogP contribution is -2.29. The lowest BCUT2D eigenvalue weighted by Gasteiger charge is -2.19. The summed E-state index contributed by atoms with van der Waals surface area (Å²) in [5.74, 6) is -1.31. The van der Waals surface area contributed by atoms with Gasteiger partial charge in [0.15, 0.2) is 0 Å². The number of nitrogens with one attached hydrogen (secondary N) is 1. The molecule has 7 nitrogen and oxygen atoms in total. The molecule has 1 atom stereocenters. The summed E-state index contributed by atoms with van der Waals surface area (Å²) in [5.41, 5.74) is -0.184. The SMILES string of the molecule is CC(CN(C)C)Nc1ccc(C(=O)O)c([N+](=O)[O-])c1. The number of likely N-dealkylation sites (N-methyl/N-ethyl adjacent to an activating group) is 1. The van der Waals surface area contributed by atoms with Crippen LogP contribution in [-0.4, -0.2) is 47.6 Å². The van der Waals surface area contributed by atoms with E-state index in [0.717, 1.165) is 6.54 Å². The van der Waals surface area contributed by atoms with Crippen molar-refractivity contribution in [2.24, 2.45) is 0 Å². The number of carboxylic acids is 1. The van der Waals surface area contributed by atoms with Crippen LogP contribution in [0, 0.1) is 10.1 Å². The smallest absolute Gasteiger partial charge is 0.342 e. The van der Waals surface area contributed by atoms with Gasteiger partial charge in [-0.05, 0) is 33.2 Å². The predicted octanol–water partition coefficient (Wildman–Crippen LogP) is 1.66. The van der Waals surface area contributed by atoms with Gasteiger partial charge in [0, 0.05) is 24.3 Å². The Morgan fingerprint density at radius 2 is 2.16 bits per heavy atom. The van der Waals surface area contributed by atoms with Crippen molar-refractivity contribution < 1.29 is 14.8 Å². The summed E-state index contributed by atoms with van der Waals surface area (Å²) < 4.78 is 0. The van der Waals surface area contributed by atoms with Crippen LogP contribution in [0.15, 0.2) is 18.2 Å². The van der Waals surface area contributed by atoms with Crippen LogP contribution in [0.3, 0.4) is 0 Å². The molecule has 0 aliphatic heterocycles. The standard InChI is InChI=1S/C12H17N3O4/c1-8(7-14(2)3)13-9-4-5-10(12(16)17)11(6-9)15(18)19/h4-6,8,13H,7H2,1-3H3,(H,16,17). The van der Waals surface area contributed by atoms with Crippen LogP contribution < -0.4 is 5.32 Å². The normalized spacial score (nSPS) is 12.2. The molecule has 0 aromatic heterocycles. The average Bonchev–Trinajstić information content (AvgIpc) is 2.27. The van der Waals surface area contributed by atoms with Crippen molar-refractivity contribution in [3.8, 4) is 0 Å². The van der Waals surface area contributed by atoms with E-state index in [1.165, 1.54) is 18.2 Å². The van der Waals surface area contributed by atoms with E-state index < -0.39 is 16.6 Å². The van der Waals surface area contributed by atoms with Crippen LogP contribution in [0.5, 0.6) is 0 Å². The number of carbonyl (C=O) groups is 1. The van der Waals surface area contributed by atoms with E-state index in [-0.39, 0.29) is 11.6 Å². The number of hydrogen-bond acceptors (Lipinski definition) is 5. The number of benzene rings is 1. The lowest BCUT2D eigenvalue weighted by atomic mass is 10.1. The molecule has 0 fully saturated rings. The molecule has 0 heterocycles. The second-order valence-corrected chi connectivity index (χ2v) is 4.60. The maximum atomic E-state index is 10.9. The summed E-state index contributed by atoms with van der Waals surface area (Å²) in [6, 6.07) is 4.11. The zero-order valence-electron chi connectivity index (χ0n) is 11.1. The van der Waals surface area contributed by atoms with Gasteiger partial charge < -0.3 is 15.3 Å². The Balaban J connectivity index is 2.96. The third-order valence-corrected chi connectivity index (χ3v) is 2.48. The summed E-state index contributed by atoms with van der Waals surface area (Å²) >= 11 is 0. The van der Waals surface area contributed by atoms with Gasteiger partial charge in [-0.1, -0.05) is 0 Å². The van der Waals surface area contributed by atoms with Crippen LogP contribution in [0.25, 0.3) is 0 Å². The van der Waals surface area contributed by atoms with E-state index in [1.54, 1.807) is 0 Å². The zero-order chi connectivity index (χ0) is 14.6. The van der Waals surface area contributed by atoms with Gasteiger partial charge in [0.05, 0.1) is 4.92 Å². The highest BCUT2D eigenvalue weighted by molar-refractivity contribution is 5.93. The number of carboxylic acid groups (broad SMARTS) is 1. The molecule has 7 heteroatoms. The number of rotatable bonds is 6. The molecular formula is C12H17N3O4. The number of aromatic carboxylic acids is 1. The van der Waals surface area contributed by atoms with E-state index in [4.69, 9.17) is 5.11 Å². The molecule has 0 aliphatic carbocycles. The predicted molar refractivity (Wildman–Crippen MR) is 71.7 cm³/mol.